The van der Waals surface area contributed by atoms with Gasteiger partial charge in [-0.2, -0.15) is 0 Å². The molecule has 1 aliphatic rings. The summed E-state index contributed by atoms with van der Waals surface area (Å²) in [6.45, 7) is 2.27. The molecule has 5 aromatic rings. The summed E-state index contributed by atoms with van der Waals surface area (Å²) in [6.07, 6.45) is 1.72. The molecular weight excluding hydrogens is 615 g/mol. The first-order chi connectivity index (χ1) is 21.4. The second-order valence-corrected chi connectivity index (χ2v) is 12.0. The van der Waals surface area contributed by atoms with E-state index in [0.29, 0.717) is 48.6 Å². The van der Waals surface area contributed by atoms with Gasteiger partial charge in [0.15, 0.2) is 4.80 Å². The van der Waals surface area contributed by atoms with Crippen LogP contribution in [0.25, 0.3) is 6.08 Å². The number of ether oxygens (including phenoxy) is 2. The lowest BCUT2D eigenvalue weighted by Crippen LogP contribution is -2.39. The smallest absolute Gasteiger partial charge is 0.338 e. The molecule has 6 nitrogen and oxygen atoms in total. The van der Waals surface area contributed by atoms with Crippen LogP contribution < -0.4 is 19.6 Å². The summed E-state index contributed by atoms with van der Waals surface area (Å²) in [5.41, 5.74) is 3.75. The molecule has 0 radical (unpaired) electrons. The molecule has 1 aromatic heterocycles. The molecule has 220 valence electrons. The average molecular weight is 642 g/mol. The number of aromatic nitrogens is 1. The first kappa shape index (κ1) is 29.6. The SMILES string of the molecule is CC1=C(C(=O)OCc2ccccc2)C(c2ccc(OCc3ccccc3)cc2)n2c(sc(=Cc3ccc(Cl)cc3Cl)c2=O)=N1. The third-order valence-corrected chi connectivity index (χ3v) is 8.69. The Hall–Kier alpha value is -4.43. The lowest BCUT2D eigenvalue weighted by Gasteiger charge is -2.25. The topological polar surface area (TPSA) is 69.9 Å². The van der Waals surface area contributed by atoms with Crippen LogP contribution in [0.1, 0.15) is 35.2 Å². The fraction of sp³-hybridized carbons (Fsp3) is 0.114. The van der Waals surface area contributed by atoms with E-state index in [9.17, 15) is 9.59 Å². The van der Waals surface area contributed by atoms with Gasteiger partial charge in [0, 0.05) is 10.0 Å². The first-order valence-corrected chi connectivity index (χ1v) is 15.4. The van der Waals surface area contributed by atoms with Crippen molar-refractivity contribution in [1.29, 1.82) is 0 Å². The Kier molecular flexibility index (Phi) is 8.79. The molecule has 0 saturated carbocycles. The highest BCUT2D eigenvalue weighted by atomic mass is 35.5. The van der Waals surface area contributed by atoms with Crippen LogP contribution >= 0.6 is 34.5 Å². The summed E-state index contributed by atoms with van der Waals surface area (Å²) < 4.78 is 13.7. The number of benzene rings is 4. The molecule has 2 heterocycles. The quantitative estimate of drug-likeness (QED) is 0.174. The summed E-state index contributed by atoms with van der Waals surface area (Å²) in [5.74, 6) is 0.121. The van der Waals surface area contributed by atoms with Crippen LogP contribution in [0.15, 0.2) is 124 Å². The Morgan fingerprint density at radius 2 is 1.57 bits per heavy atom. The van der Waals surface area contributed by atoms with Crippen LogP contribution in [0, 0.1) is 0 Å². The van der Waals surface area contributed by atoms with Gasteiger partial charge in [-0.25, -0.2) is 9.79 Å². The molecule has 0 spiro atoms. The third kappa shape index (κ3) is 6.40. The van der Waals surface area contributed by atoms with E-state index in [4.69, 9.17) is 32.7 Å². The number of hydrogen-bond acceptors (Lipinski definition) is 6. The van der Waals surface area contributed by atoms with E-state index >= 15 is 0 Å². The molecule has 1 unspecified atom stereocenters. The number of halogens is 2. The van der Waals surface area contributed by atoms with Crippen LogP contribution in [0.4, 0.5) is 0 Å². The number of hydrogen-bond donors (Lipinski definition) is 0. The van der Waals surface area contributed by atoms with E-state index in [0.717, 1.165) is 16.7 Å². The van der Waals surface area contributed by atoms with E-state index < -0.39 is 12.0 Å². The molecule has 1 atom stereocenters. The molecular formula is C35H26Cl2N2O4S. The molecule has 0 N–H and O–H groups in total. The monoisotopic (exact) mass is 640 g/mol. The van der Waals surface area contributed by atoms with Gasteiger partial charge in [-0.3, -0.25) is 9.36 Å². The normalized spacial score (nSPS) is 14.6. The summed E-state index contributed by atoms with van der Waals surface area (Å²) in [5, 5.41) is 0.923. The molecule has 4 aromatic carbocycles. The summed E-state index contributed by atoms with van der Waals surface area (Å²) in [7, 11) is 0. The zero-order chi connectivity index (χ0) is 30.6. The summed E-state index contributed by atoms with van der Waals surface area (Å²) in [4.78, 5) is 32.8. The Labute approximate surface area is 267 Å². The van der Waals surface area contributed by atoms with Crippen molar-refractivity contribution in [2.45, 2.75) is 26.2 Å². The van der Waals surface area contributed by atoms with Crippen LogP contribution in [-0.4, -0.2) is 10.5 Å². The van der Waals surface area contributed by atoms with E-state index in [2.05, 4.69) is 4.99 Å². The number of nitrogens with zero attached hydrogens (tertiary/aromatic N) is 2. The maximum Gasteiger partial charge on any atom is 0.338 e. The number of allylic oxidation sites excluding steroid dienone is 1. The summed E-state index contributed by atoms with van der Waals surface area (Å²) in [6, 6.07) is 31.1. The van der Waals surface area contributed by atoms with Crippen molar-refractivity contribution in [2.24, 2.45) is 4.99 Å². The minimum atomic E-state index is -0.763. The number of carbonyl (C=O) groups is 1. The molecule has 0 aliphatic carbocycles. The number of rotatable bonds is 8. The van der Waals surface area contributed by atoms with Crippen molar-refractivity contribution in [3.63, 3.8) is 0 Å². The Morgan fingerprint density at radius 3 is 2.23 bits per heavy atom. The Morgan fingerprint density at radius 1 is 0.909 bits per heavy atom. The minimum Gasteiger partial charge on any atom is -0.489 e. The van der Waals surface area contributed by atoms with E-state index in [1.54, 1.807) is 35.8 Å². The van der Waals surface area contributed by atoms with Gasteiger partial charge in [0.05, 0.1) is 21.8 Å². The second-order valence-electron chi connectivity index (χ2n) is 10.2. The molecule has 1 aliphatic heterocycles. The molecule has 0 amide bonds. The fourth-order valence-electron chi connectivity index (χ4n) is 4.95. The van der Waals surface area contributed by atoms with Crippen molar-refractivity contribution >= 4 is 46.6 Å². The highest BCUT2D eigenvalue weighted by molar-refractivity contribution is 7.07. The zero-order valence-corrected chi connectivity index (χ0v) is 25.9. The molecule has 0 bridgehead atoms. The zero-order valence-electron chi connectivity index (χ0n) is 23.6. The standard InChI is InChI=1S/C35H26Cl2N2O4S/c1-22-31(34(41)43-21-24-10-6-3-7-11-24)32(25-13-16-28(17-14-25)42-20-23-8-4-2-5-9-23)39-33(40)30(44-35(39)38-22)18-26-12-15-27(36)19-29(26)37/h2-19,32H,20-21H2,1H3. The lowest BCUT2D eigenvalue weighted by atomic mass is 9.96. The van der Waals surface area contributed by atoms with Gasteiger partial charge in [-0.05, 0) is 59.5 Å². The molecule has 0 fully saturated rings. The maximum absolute atomic E-state index is 14.0. The number of fused-ring (bicyclic) bond motifs is 1. The van der Waals surface area contributed by atoms with Gasteiger partial charge in [-0.15, -0.1) is 0 Å². The average Bonchev–Trinajstić information content (AvgIpc) is 3.34. The van der Waals surface area contributed by atoms with E-state index in [-0.39, 0.29) is 12.2 Å². The number of carbonyl (C=O) groups excluding carboxylic acids is 1. The van der Waals surface area contributed by atoms with Crippen molar-refractivity contribution in [2.75, 3.05) is 0 Å². The van der Waals surface area contributed by atoms with Crippen molar-refractivity contribution < 1.29 is 14.3 Å². The number of thiazole rings is 1. The summed E-state index contributed by atoms with van der Waals surface area (Å²) >= 11 is 13.7. The van der Waals surface area contributed by atoms with Crippen molar-refractivity contribution in [1.82, 2.24) is 4.57 Å². The second kappa shape index (κ2) is 13.1. The van der Waals surface area contributed by atoms with Gasteiger partial charge in [0.25, 0.3) is 5.56 Å². The van der Waals surface area contributed by atoms with E-state index in [1.807, 2.05) is 84.9 Å². The number of esters is 1. The predicted octanol–water partition coefficient (Wildman–Crippen LogP) is 6.86. The van der Waals surface area contributed by atoms with Crippen LogP contribution in [0.3, 0.4) is 0 Å². The van der Waals surface area contributed by atoms with E-state index in [1.165, 1.54) is 11.3 Å². The predicted molar refractivity (Wildman–Crippen MR) is 174 cm³/mol. The van der Waals surface area contributed by atoms with Crippen LogP contribution in [0.5, 0.6) is 5.75 Å². The molecule has 6 rings (SSSR count). The minimum absolute atomic E-state index is 0.0922. The molecule has 0 saturated heterocycles. The van der Waals surface area contributed by atoms with Gasteiger partial charge >= 0.3 is 5.97 Å². The van der Waals surface area contributed by atoms with Gasteiger partial charge in [-0.1, -0.05) is 113 Å². The molecule has 9 heteroatoms. The maximum atomic E-state index is 14.0. The van der Waals surface area contributed by atoms with Crippen LogP contribution in [0.2, 0.25) is 10.0 Å². The van der Waals surface area contributed by atoms with Gasteiger partial charge < -0.3 is 9.47 Å². The largest absolute Gasteiger partial charge is 0.489 e. The molecule has 44 heavy (non-hydrogen) atoms. The lowest BCUT2D eigenvalue weighted by molar-refractivity contribution is -0.140. The van der Waals surface area contributed by atoms with Gasteiger partial charge in [0.1, 0.15) is 19.0 Å². The Balaban J connectivity index is 1.39. The third-order valence-electron chi connectivity index (χ3n) is 7.15. The van der Waals surface area contributed by atoms with Gasteiger partial charge in [0.2, 0.25) is 0 Å². The highest BCUT2D eigenvalue weighted by Gasteiger charge is 2.33. The Bertz CT molecular complexity index is 2040. The fourth-order valence-corrected chi connectivity index (χ4v) is 6.45. The van der Waals surface area contributed by atoms with Crippen LogP contribution in [-0.2, 0) is 22.7 Å². The highest BCUT2D eigenvalue weighted by Crippen LogP contribution is 2.32. The van der Waals surface area contributed by atoms with Crippen molar-refractivity contribution in [3.05, 3.63) is 166 Å². The first-order valence-electron chi connectivity index (χ1n) is 13.8. The van der Waals surface area contributed by atoms with Crippen molar-refractivity contribution in [3.8, 4) is 5.75 Å².